The van der Waals surface area contributed by atoms with Crippen LogP contribution in [0.25, 0.3) is 0 Å². The van der Waals surface area contributed by atoms with Crippen LogP contribution in [-0.4, -0.2) is 17.9 Å². The van der Waals surface area contributed by atoms with Gasteiger partial charge in [-0.05, 0) is 80.5 Å². The fourth-order valence-electron chi connectivity index (χ4n) is 4.16. The van der Waals surface area contributed by atoms with E-state index in [9.17, 15) is 9.59 Å². The number of para-hydroxylation sites is 1. The van der Waals surface area contributed by atoms with E-state index in [0.29, 0.717) is 17.0 Å². The first-order chi connectivity index (χ1) is 16.0. The molecule has 5 nitrogen and oxygen atoms in total. The zero-order valence-corrected chi connectivity index (χ0v) is 19.1. The number of ether oxygens (including phenoxy) is 1. The number of anilines is 1. The van der Waals surface area contributed by atoms with Gasteiger partial charge in [0.2, 0.25) is 0 Å². The third-order valence-corrected chi connectivity index (χ3v) is 6.08. The van der Waals surface area contributed by atoms with Gasteiger partial charge in [0.25, 0.3) is 11.8 Å². The summed E-state index contributed by atoms with van der Waals surface area (Å²) in [7, 11) is 0. The first-order valence-corrected chi connectivity index (χ1v) is 11.6. The van der Waals surface area contributed by atoms with Crippen molar-refractivity contribution in [3.63, 3.8) is 0 Å². The number of hydrogen-bond acceptors (Lipinski definition) is 3. The monoisotopic (exact) mass is 442 g/mol. The number of hydrogen-bond donors (Lipinski definition) is 2. The van der Waals surface area contributed by atoms with E-state index >= 15 is 0 Å². The van der Waals surface area contributed by atoms with Gasteiger partial charge in [0.1, 0.15) is 5.75 Å². The first-order valence-electron chi connectivity index (χ1n) is 11.6. The molecule has 4 rings (SSSR count). The third-order valence-electron chi connectivity index (χ3n) is 6.08. The van der Waals surface area contributed by atoms with Crippen molar-refractivity contribution < 1.29 is 14.3 Å². The summed E-state index contributed by atoms with van der Waals surface area (Å²) >= 11 is 0. The van der Waals surface area contributed by atoms with Gasteiger partial charge in [0.05, 0.1) is 17.3 Å². The Hall–Kier alpha value is -3.60. The standard InChI is InChI=1S/C28H30N2O3/c1-19(21-10-4-3-5-11-21)29-28(32)25-14-8-9-15-26(25)30-27(31)20(2)33-24-17-16-22-12-6-7-13-23(22)18-24/h3-5,8-11,14-20H,6-7,12-13H2,1-2H3,(H,29,32)(H,30,31)/t19-,20+/m0/s1. The Balaban J connectivity index is 1.41. The topological polar surface area (TPSA) is 67.4 Å². The third kappa shape index (κ3) is 5.61. The highest BCUT2D eigenvalue weighted by molar-refractivity contribution is 6.04. The maximum Gasteiger partial charge on any atom is 0.265 e. The molecule has 0 heterocycles. The van der Waals surface area contributed by atoms with Crippen molar-refractivity contribution in [3.8, 4) is 5.75 Å². The Morgan fingerprint density at radius 1 is 0.848 bits per heavy atom. The normalized spacial score (nSPS) is 14.5. The van der Waals surface area contributed by atoms with E-state index in [4.69, 9.17) is 4.74 Å². The lowest BCUT2D eigenvalue weighted by Gasteiger charge is -2.20. The number of aryl methyl sites for hydroxylation is 2. The van der Waals surface area contributed by atoms with Gasteiger partial charge in [-0.2, -0.15) is 0 Å². The number of amides is 2. The molecule has 2 atom stereocenters. The van der Waals surface area contributed by atoms with Crippen LogP contribution in [0.5, 0.6) is 5.75 Å². The van der Waals surface area contributed by atoms with Gasteiger partial charge in [0, 0.05) is 0 Å². The largest absolute Gasteiger partial charge is 0.481 e. The van der Waals surface area contributed by atoms with Crippen LogP contribution in [-0.2, 0) is 17.6 Å². The van der Waals surface area contributed by atoms with Crippen molar-refractivity contribution >= 4 is 17.5 Å². The number of benzene rings is 3. The molecule has 1 aliphatic rings. The Bertz CT molecular complexity index is 1130. The highest BCUT2D eigenvalue weighted by atomic mass is 16.5. The van der Waals surface area contributed by atoms with Crippen LogP contribution in [0.1, 0.15) is 59.8 Å². The van der Waals surface area contributed by atoms with Gasteiger partial charge in [-0.25, -0.2) is 0 Å². The van der Waals surface area contributed by atoms with E-state index in [0.717, 1.165) is 18.4 Å². The molecule has 0 spiro atoms. The molecule has 3 aromatic carbocycles. The van der Waals surface area contributed by atoms with Crippen molar-refractivity contribution in [1.29, 1.82) is 0 Å². The lowest BCUT2D eigenvalue weighted by molar-refractivity contribution is -0.122. The molecule has 3 aromatic rings. The van der Waals surface area contributed by atoms with E-state index in [1.165, 1.54) is 24.0 Å². The number of carbonyl (C=O) groups excluding carboxylic acids is 2. The first kappa shape index (κ1) is 22.6. The highest BCUT2D eigenvalue weighted by Gasteiger charge is 2.20. The molecular formula is C28H30N2O3. The van der Waals surface area contributed by atoms with Crippen molar-refractivity contribution in [2.24, 2.45) is 0 Å². The summed E-state index contributed by atoms with van der Waals surface area (Å²) in [6, 6.07) is 22.7. The predicted molar refractivity (Wildman–Crippen MR) is 131 cm³/mol. The molecule has 0 bridgehead atoms. The average Bonchev–Trinajstić information content (AvgIpc) is 2.84. The van der Waals surface area contributed by atoms with E-state index in [2.05, 4.69) is 16.7 Å². The quantitative estimate of drug-likeness (QED) is 0.510. The summed E-state index contributed by atoms with van der Waals surface area (Å²) in [4.78, 5) is 25.8. The molecule has 0 saturated heterocycles. The summed E-state index contributed by atoms with van der Waals surface area (Å²) in [5, 5.41) is 5.86. The minimum absolute atomic E-state index is 0.159. The molecule has 0 aromatic heterocycles. The number of nitrogens with one attached hydrogen (secondary N) is 2. The van der Waals surface area contributed by atoms with Crippen LogP contribution < -0.4 is 15.4 Å². The van der Waals surface area contributed by atoms with Crippen molar-refractivity contribution in [1.82, 2.24) is 5.32 Å². The second kappa shape index (κ2) is 10.3. The van der Waals surface area contributed by atoms with Crippen LogP contribution in [0.4, 0.5) is 5.69 Å². The van der Waals surface area contributed by atoms with Gasteiger partial charge >= 0.3 is 0 Å². The molecule has 33 heavy (non-hydrogen) atoms. The van der Waals surface area contributed by atoms with E-state index in [-0.39, 0.29) is 17.9 Å². The highest BCUT2D eigenvalue weighted by Crippen LogP contribution is 2.26. The van der Waals surface area contributed by atoms with Gasteiger partial charge in [-0.3, -0.25) is 9.59 Å². The fraction of sp³-hybridized carbons (Fsp3) is 0.286. The maximum absolute atomic E-state index is 12.9. The molecule has 2 N–H and O–H groups in total. The smallest absolute Gasteiger partial charge is 0.265 e. The lowest BCUT2D eigenvalue weighted by atomic mass is 9.92. The molecule has 0 saturated carbocycles. The molecule has 1 aliphatic carbocycles. The predicted octanol–water partition coefficient (Wildman–Crippen LogP) is 5.46. The molecule has 0 unspecified atom stereocenters. The van der Waals surface area contributed by atoms with Crippen LogP contribution in [0, 0.1) is 0 Å². The van der Waals surface area contributed by atoms with Crippen molar-refractivity contribution in [2.75, 3.05) is 5.32 Å². The second-order valence-corrected chi connectivity index (χ2v) is 8.54. The summed E-state index contributed by atoms with van der Waals surface area (Å²) in [5.41, 5.74) is 4.56. The van der Waals surface area contributed by atoms with Crippen LogP contribution in [0.3, 0.4) is 0 Å². The van der Waals surface area contributed by atoms with Crippen molar-refractivity contribution in [2.45, 2.75) is 51.7 Å². The molecular weight excluding hydrogens is 412 g/mol. The zero-order chi connectivity index (χ0) is 23.2. The molecule has 0 fully saturated rings. The molecule has 0 radical (unpaired) electrons. The fourth-order valence-corrected chi connectivity index (χ4v) is 4.16. The van der Waals surface area contributed by atoms with Crippen LogP contribution in [0.2, 0.25) is 0 Å². The van der Waals surface area contributed by atoms with Crippen LogP contribution >= 0.6 is 0 Å². The summed E-state index contributed by atoms with van der Waals surface area (Å²) in [5.74, 6) is 0.149. The molecule has 0 aliphatic heterocycles. The lowest BCUT2D eigenvalue weighted by Crippen LogP contribution is -2.32. The Kier molecular flexibility index (Phi) is 7.08. The van der Waals surface area contributed by atoms with E-state index in [1.54, 1.807) is 31.2 Å². The number of carbonyl (C=O) groups is 2. The Labute approximate surface area is 195 Å². The van der Waals surface area contributed by atoms with Gasteiger partial charge < -0.3 is 15.4 Å². The Morgan fingerprint density at radius 3 is 2.33 bits per heavy atom. The van der Waals surface area contributed by atoms with Crippen molar-refractivity contribution in [3.05, 3.63) is 95.1 Å². The minimum Gasteiger partial charge on any atom is -0.481 e. The molecule has 2 amide bonds. The van der Waals surface area contributed by atoms with Crippen LogP contribution in [0.15, 0.2) is 72.8 Å². The number of fused-ring (bicyclic) bond motifs is 1. The number of rotatable bonds is 7. The van der Waals surface area contributed by atoms with E-state index in [1.807, 2.05) is 49.4 Å². The SMILES string of the molecule is C[C@H](NC(=O)c1ccccc1NC(=O)[C@@H](C)Oc1ccc2c(c1)CCCC2)c1ccccc1. The second-order valence-electron chi connectivity index (χ2n) is 8.54. The minimum atomic E-state index is -0.703. The maximum atomic E-state index is 12.9. The molecule has 5 heteroatoms. The van der Waals surface area contributed by atoms with Gasteiger partial charge in [-0.15, -0.1) is 0 Å². The zero-order valence-electron chi connectivity index (χ0n) is 19.1. The van der Waals surface area contributed by atoms with E-state index < -0.39 is 6.10 Å². The van der Waals surface area contributed by atoms with Gasteiger partial charge in [0.15, 0.2) is 6.10 Å². The summed E-state index contributed by atoms with van der Waals surface area (Å²) in [6.07, 6.45) is 3.87. The average molecular weight is 443 g/mol. The summed E-state index contributed by atoms with van der Waals surface area (Å²) in [6.45, 7) is 3.65. The van der Waals surface area contributed by atoms with Gasteiger partial charge in [-0.1, -0.05) is 48.5 Å². The molecule has 170 valence electrons. The Morgan fingerprint density at radius 2 is 1.55 bits per heavy atom. The summed E-state index contributed by atoms with van der Waals surface area (Å²) < 4.78 is 5.92.